The molecule has 1 N–H and O–H groups in total. The third-order valence-electron chi connectivity index (χ3n) is 4.54. The lowest BCUT2D eigenvalue weighted by Gasteiger charge is -2.13. The molecule has 4 aromatic rings. The lowest BCUT2D eigenvalue weighted by Crippen LogP contribution is -2.04. The summed E-state index contributed by atoms with van der Waals surface area (Å²) in [7, 11) is 0. The minimum absolute atomic E-state index is 0.236. The molecule has 0 heterocycles. The SMILES string of the molecule is Cc1ccccc1N=C(c1ccccc1)c1c(O)ccc2ccccc12. The summed E-state index contributed by atoms with van der Waals surface area (Å²) in [5.41, 5.74) is 4.51. The molecular weight excluding hydrogens is 318 g/mol. The van der Waals surface area contributed by atoms with Gasteiger partial charge in [0.05, 0.1) is 17.0 Å². The lowest BCUT2D eigenvalue weighted by atomic mass is 9.95. The van der Waals surface area contributed by atoms with Crippen LogP contribution in [0.2, 0.25) is 0 Å². The maximum Gasteiger partial charge on any atom is 0.125 e. The highest BCUT2D eigenvalue weighted by Gasteiger charge is 2.16. The van der Waals surface area contributed by atoms with Gasteiger partial charge in [-0.15, -0.1) is 0 Å². The first-order valence-electron chi connectivity index (χ1n) is 8.65. The van der Waals surface area contributed by atoms with Crippen molar-refractivity contribution in [3.05, 3.63) is 108 Å². The topological polar surface area (TPSA) is 32.6 Å². The summed E-state index contributed by atoms with van der Waals surface area (Å²) < 4.78 is 0. The van der Waals surface area contributed by atoms with Crippen LogP contribution >= 0.6 is 0 Å². The standard InChI is InChI=1S/C24H19NO/c1-17-9-5-8-14-21(17)25-24(19-11-3-2-4-12-19)23-20-13-7-6-10-18(20)15-16-22(23)26/h2-16,26H,1H3. The van der Waals surface area contributed by atoms with Gasteiger partial charge >= 0.3 is 0 Å². The predicted molar refractivity (Wildman–Crippen MR) is 109 cm³/mol. The highest BCUT2D eigenvalue weighted by molar-refractivity contribution is 6.21. The molecule has 0 aromatic heterocycles. The van der Waals surface area contributed by atoms with Crippen molar-refractivity contribution in [2.45, 2.75) is 6.92 Å². The molecule has 2 heteroatoms. The van der Waals surface area contributed by atoms with Gasteiger partial charge in [0.2, 0.25) is 0 Å². The summed E-state index contributed by atoms with van der Waals surface area (Å²) in [5, 5.41) is 12.8. The van der Waals surface area contributed by atoms with Crippen LogP contribution in [0.5, 0.6) is 5.75 Å². The number of aryl methyl sites for hydroxylation is 1. The van der Waals surface area contributed by atoms with E-state index in [9.17, 15) is 5.11 Å². The van der Waals surface area contributed by atoms with Crippen LogP contribution in [0.15, 0.2) is 96.0 Å². The highest BCUT2D eigenvalue weighted by atomic mass is 16.3. The molecule has 0 aliphatic carbocycles. The van der Waals surface area contributed by atoms with Gasteiger partial charge in [-0.1, -0.05) is 78.9 Å². The molecule has 0 amide bonds. The number of phenols is 1. The van der Waals surface area contributed by atoms with Crippen LogP contribution in [0, 0.1) is 6.92 Å². The molecule has 0 saturated heterocycles. The minimum atomic E-state index is 0.236. The Kier molecular flexibility index (Phi) is 4.24. The van der Waals surface area contributed by atoms with Crippen LogP contribution in [0.25, 0.3) is 10.8 Å². The van der Waals surface area contributed by atoms with E-state index in [-0.39, 0.29) is 5.75 Å². The maximum absolute atomic E-state index is 10.7. The second-order valence-electron chi connectivity index (χ2n) is 6.29. The van der Waals surface area contributed by atoms with E-state index in [4.69, 9.17) is 4.99 Å². The van der Waals surface area contributed by atoms with E-state index < -0.39 is 0 Å². The predicted octanol–water partition coefficient (Wildman–Crippen LogP) is 6.02. The van der Waals surface area contributed by atoms with Crippen molar-refractivity contribution in [2.75, 3.05) is 0 Å². The molecule has 0 saturated carbocycles. The van der Waals surface area contributed by atoms with Gasteiger partial charge < -0.3 is 5.11 Å². The Hall–Kier alpha value is -3.39. The van der Waals surface area contributed by atoms with Crippen molar-refractivity contribution in [3.8, 4) is 5.75 Å². The molecule has 0 unspecified atom stereocenters. The van der Waals surface area contributed by atoms with Crippen LogP contribution in [0.1, 0.15) is 16.7 Å². The van der Waals surface area contributed by atoms with E-state index >= 15 is 0 Å². The fraction of sp³-hybridized carbons (Fsp3) is 0.0417. The highest BCUT2D eigenvalue weighted by Crippen LogP contribution is 2.31. The zero-order valence-corrected chi connectivity index (χ0v) is 14.6. The van der Waals surface area contributed by atoms with Gasteiger partial charge in [0.1, 0.15) is 5.75 Å². The van der Waals surface area contributed by atoms with Crippen LogP contribution < -0.4 is 0 Å². The number of fused-ring (bicyclic) bond motifs is 1. The first-order valence-corrected chi connectivity index (χ1v) is 8.65. The Morgan fingerprint density at radius 3 is 2.23 bits per heavy atom. The van der Waals surface area contributed by atoms with Gasteiger partial charge in [0.25, 0.3) is 0 Å². The summed E-state index contributed by atoms with van der Waals surface area (Å²) in [6.07, 6.45) is 0. The first kappa shape index (κ1) is 16.1. The van der Waals surface area contributed by atoms with Crippen LogP contribution in [0.4, 0.5) is 5.69 Å². The molecule has 0 spiro atoms. The number of nitrogens with zero attached hydrogens (tertiary/aromatic N) is 1. The molecule has 4 rings (SSSR count). The molecule has 0 fully saturated rings. The van der Waals surface area contributed by atoms with E-state index in [0.29, 0.717) is 0 Å². The van der Waals surface area contributed by atoms with Gasteiger partial charge in [0.15, 0.2) is 0 Å². The number of aliphatic imine (C=N–C) groups is 1. The zero-order chi connectivity index (χ0) is 17.9. The summed E-state index contributed by atoms with van der Waals surface area (Å²) in [4.78, 5) is 4.97. The third-order valence-corrected chi connectivity index (χ3v) is 4.54. The fourth-order valence-electron chi connectivity index (χ4n) is 3.18. The van der Waals surface area contributed by atoms with Crippen molar-refractivity contribution >= 4 is 22.2 Å². The average molecular weight is 337 g/mol. The number of hydrogen-bond donors (Lipinski definition) is 1. The number of rotatable bonds is 3. The Morgan fingerprint density at radius 2 is 1.42 bits per heavy atom. The molecule has 4 aromatic carbocycles. The molecule has 0 bridgehead atoms. The largest absolute Gasteiger partial charge is 0.507 e. The maximum atomic E-state index is 10.7. The molecule has 0 atom stereocenters. The zero-order valence-electron chi connectivity index (χ0n) is 14.6. The summed E-state index contributed by atoms with van der Waals surface area (Å²) >= 11 is 0. The van der Waals surface area contributed by atoms with E-state index in [2.05, 4.69) is 6.07 Å². The molecule has 126 valence electrons. The van der Waals surface area contributed by atoms with E-state index in [0.717, 1.165) is 38.9 Å². The normalized spacial score (nSPS) is 11.7. The lowest BCUT2D eigenvalue weighted by molar-refractivity contribution is 0.475. The smallest absolute Gasteiger partial charge is 0.125 e. The average Bonchev–Trinajstić information content (AvgIpc) is 2.69. The van der Waals surface area contributed by atoms with Crippen LogP contribution in [0.3, 0.4) is 0 Å². The summed E-state index contributed by atoms with van der Waals surface area (Å²) in [6.45, 7) is 2.05. The van der Waals surface area contributed by atoms with Gasteiger partial charge in [-0.2, -0.15) is 0 Å². The number of aromatic hydroxyl groups is 1. The Balaban J connectivity index is 2.05. The number of benzene rings is 4. The van der Waals surface area contributed by atoms with E-state index in [1.807, 2.05) is 85.8 Å². The summed E-state index contributed by atoms with van der Waals surface area (Å²) in [6, 6.07) is 29.8. The molecular formula is C24H19NO. The third kappa shape index (κ3) is 2.98. The van der Waals surface area contributed by atoms with Crippen LogP contribution in [-0.4, -0.2) is 10.8 Å². The molecule has 2 nitrogen and oxygen atoms in total. The Bertz CT molecular complexity index is 1100. The Morgan fingerprint density at radius 1 is 0.731 bits per heavy atom. The number of phenolic OH excluding ortho intramolecular Hbond substituents is 1. The van der Waals surface area contributed by atoms with Gasteiger partial charge in [-0.25, -0.2) is 4.99 Å². The van der Waals surface area contributed by atoms with Crippen LogP contribution in [-0.2, 0) is 0 Å². The monoisotopic (exact) mass is 337 g/mol. The van der Waals surface area contributed by atoms with E-state index in [1.54, 1.807) is 6.07 Å². The van der Waals surface area contributed by atoms with Crippen molar-refractivity contribution in [1.29, 1.82) is 0 Å². The van der Waals surface area contributed by atoms with Gasteiger partial charge in [0, 0.05) is 5.56 Å². The van der Waals surface area contributed by atoms with Gasteiger partial charge in [-0.05, 0) is 35.4 Å². The van der Waals surface area contributed by atoms with Crippen molar-refractivity contribution < 1.29 is 5.11 Å². The van der Waals surface area contributed by atoms with Crippen molar-refractivity contribution in [3.63, 3.8) is 0 Å². The quantitative estimate of drug-likeness (QED) is 0.455. The Labute approximate surface area is 153 Å². The number of para-hydroxylation sites is 1. The van der Waals surface area contributed by atoms with Gasteiger partial charge in [-0.3, -0.25) is 0 Å². The molecule has 26 heavy (non-hydrogen) atoms. The second-order valence-corrected chi connectivity index (χ2v) is 6.29. The molecule has 0 aliphatic heterocycles. The molecule has 0 aliphatic rings. The van der Waals surface area contributed by atoms with E-state index in [1.165, 1.54) is 0 Å². The minimum Gasteiger partial charge on any atom is -0.507 e. The summed E-state index contributed by atoms with van der Waals surface area (Å²) in [5.74, 6) is 0.236. The van der Waals surface area contributed by atoms with Crippen molar-refractivity contribution in [2.24, 2.45) is 4.99 Å². The first-order chi connectivity index (χ1) is 12.7. The molecule has 0 radical (unpaired) electrons. The van der Waals surface area contributed by atoms with Crippen molar-refractivity contribution in [1.82, 2.24) is 0 Å². The fourth-order valence-corrected chi connectivity index (χ4v) is 3.18. The second kappa shape index (κ2) is 6.85. The number of hydrogen-bond acceptors (Lipinski definition) is 2.